The number of hydrogen-bond donors (Lipinski definition) is 2. The lowest BCUT2D eigenvalue weighted by atomic mass is 10.1. The summed E-state index contributed by atoms with van der Waals surface area (Å²) in [6, 6.07) is 14.3. The van der Waals surface area contributed by atoms with Gasteiger partial charge in [0.15, 0.2) is 0 Å². The van der Waals surface area contributed by atoms with Gasteiger partial charge in [0.25, 0.3) is 0 Å². The molecule has 0 heterocycles. The van der Waals surface area contributed by atoms with Gasteiger partial charge < -0.3 is 10.4 Å². The Balaban J connectivity index is 1.73. The zero-order valence-corrected chi connectivity index (χ0v) is 11.6. The van der Waals surface area contributed by atoms with Crippen LogP contribution in [0.2, 0.25) is 0 Å². The number of nitrogens with one attached hydrogen (secondary N) is 1. The molecule has 106 valence electrons. The van der Waals surface area contributed by atoms with E-state index in [9.17, 15) is 9.50 Å². The molecule has 0 saturated carbocycles. The number of halogens is 1. The molecular weight excluding hydrogens is 253 g/mol. The molecule has 0 unspecified atom stereocenters. The van der Waals surface area contributed by atoms with Crippen molar-refractivity contribution in [2.75, 3.05) is 0 Å². The third kappa shape index (κ3) is 4.67. The first-order valence-electron chi connectivity index (χ1n) is 6.89. The van der Waals surface area contributed by atoms with Crippen molar-refractivity contribution in [2.24, 2.45) is 0 Å². The first-order valence-corrected chi connectivity index (χ1v) is 6.89. The van der Waals surface area contributed by atoms with E-state index in [4.69, 9.17) is 0 Å². The average Bonchev–Trinajstić information content (AvgIpc) is 2.46. The van der Waals surface area contributed by atoms with E-state index in [0.29, 0.717) is 11.8 Å². The summed E-state index contributed by atoms with van der Waals surface area (Å²) in [5, 5.41) is 12.7. The highest BCUT2D eigenvalue weighted by atomic mass is 19.1. The standard InChI is InChI=1S/C17H20FNO/c1-13(2-3-14-6-10-17(20)11-7-14)19-12-15-4-8-16(18)9-5-15/h4-11,13,19-20H,2-3,12H2,1H3/t13-/m0/s1. The minimum absolute atomic E-state index is 0.200. The van der Waals surface area contributed by atoms with Crippen molar-refractivity contribution in [3.63, 3.8) is 0 Å². The van der Waals surface area contributed by atoms with E-state index in [1.54, 1.807) is 24.3 Å². The number of aryl methyl sites for hydroxylation is 1. The van der Waals surface area contributed by atoms with Gasteiger partial charge in [0.05, 0.1) is 0 Å². The van der Waals surface area contributed by atoms with Gasteiger partial charge in [-0.2, -0.15) is 0 Å². The molecule has 2 aromatic rings. The van der Waals surface area contributed by atoms with Crippen LogP contribution in [0.3, 0.4) is 0 Å². The molecule has 0 aliphatic carbocycles. The molecular formula is C17H20FNO. The Morgan fingerprint density at radius 3 is 2.25 bits per heavy atom. The zero-order chi connectivity index (χ0) is 14.4. The predicted octanol–water partition coefficient (Wildman–Crippen LogP) is 3.64. The minimum Gasteiger partial charge on any atom is -0.508 e. The fourth-order valence-electron chi connectivity index (χ4n) is 2.04. The van der Waals surface area contributed by atoms with Crippen molar-refractivity contribution in [3.8, 4) is 5.75 Å². The SMILES string of the molecule is C[C@@H](CCc1ccc(O)cc1)NCc1ccc(F)cc1. The molecule has 0 saturated heterocycles. The monoisotopic (exact) mass is 273 g/mol. The summed E-state index contributed by atoms with van der Waals surface area (Å²) in [4.78, 5) is 0. The summed E-state index contributed by atoms with van der Waals surface area (Å²) in [7, 11) is 0. The number of rotatable bonds is 6. The quantitative estimate of drug-likeness (QED) is 0.842. The molecule has 3 heteroatoms. The largest absolute Gasteiger partial charge is 0.508 e. The van der Waals surface area contributed by atoms with E-state index in [2.05, 4.69) is 12.2 Å². The molecule has 20 heavy (non-hydrogen) atoms. The first kappa shape index (κ1) is 14.5. The maximum atomic E-state index is 12.8. The molecule has 0 bridgehead atoms. The van der Waals surface area contributed by atoms with E-state index in [1.807, 2.05) is 12.1 Å². The molecule has 0 aliphatic rings. The lowest BCUT2D eigenvalue weighted by Crippen LogP contribution is -2.25. The maximum Gasteiger partial charge on any atom is 0.123 e. The van der Waals surface area contributed by atoms with Gasteiger partial charge in [0.2, 0.25) is 0 Å². The van der Waals surface area contributed by atoms with Gasteiger partial charge in [-0.3, -0.25) is 0 Å². The highest BCUT2D eigenvalue weighted by Gasteiger charge is 2.03. The highest BCUT2D eigenvalue weighted by Crippen LogP contribution is 2.12. The fourth-order valence-corrected chi connectivity index (χ4v) is 2.04. The number of hydrogen-bond acceptors (Lipinski definition) is 2. The molecule has 2 N–H and O–H groups in total. The second kappa shape index (κ2) is 7.06. The van der Waals surface area contributed by atoms with Crippen LogP contribution in [0.5, 0.6) is 5.75 Å². The van der Waals surface area contributed by atoms with Crippen molar-refractivity contribution in [2.45, 2.75) is 32.4 Å². The van der Waals surface area contributed by atoms with Gasteiger partial charge in [-0.25, -0.2) is 4.39 Å². The van der Waals surface area contributed by atoms with Crippen molar-refractivity contribution in [3.05, 3.63) is 65.5 Å². The Kier molecular flexibility index (Phi) is 5.13. The third-order valence-electron chi connectivity index (χ3n) is 3.37. The van der Waals surface area contributed by atoms with Crippen LogP contribution in [0.25, 0.3) is 0 Å². The summed E-state index contributed by atoms with van der Waals surface area (Å²) in [5.74, 6) is 0.102. The summed E-state index contributed by atoms with van der Waals surface area (Å²) in [6.07, 6.45) is 1.99. The molecule has 2 nitrogen and oxygen atoms in total. The van der Waals surface area contributed by atoms with Crippen molar-refractivity contribution in [1.29, 1.82) is 0 Å². The normalized spacial score (nSPS) is 12.3. The van der Waals surface area contributed by atoms with Crippen LogP contribution < -0.4 is 5.32 Å². The smallest absolute Gasteiger partial charge is 0.123 e. The molecule has 0 radical (unpaired) electrons. The van der Waals surface area contributed by atoms with E-state index in [1.165, 1.54) is 17.7 Å². The van der Waals surface area contributed by atoms with E-state index < -0.39 is 0 Å². The highest BCUT2D eigenvalue weighted by molar-refractivity contribution is 5.26. The summed E-state index contributed by atoms with van der Waals surface area (Å²) < 4.78 is 12.8. The predicted molar refractivity (Wildman–Crippen MR) is 79.1 cm³/mol. The molecule has 2 aromatic carbocycles. The lowest BCUT2D eigenvalue weighted by molar-refractivity contribution is 0.474. The van der Waals surface area contributed by atoms with Gasteiger partial charge in [0.1, 0.15) is 11.6 Å². The van der Waals surface area contributed by atoms with Crippen LogP contribution >= 0.6 is 0 Å². The molecule has 0 aromatic heterocycles. The molecule has 1 atom stereocenters. The molecule has 0 fully saturated rings. The first-order chi connectivity index (χ1) is 9.63. The maximum absolute atomic E-state index is 12.8. The van der Waals surface area contributed by atoms with Gasteiger partial charge in [0, 0.05) is 12.6 Å². The Morgan fingerprint density at radius 2 is 1.60 bits per heavy atom. The van der Waals surface area contributed by atoms with Crippen molar-refractivity contribution in [1.82, 2.24) is 5.32 Å². The average molecular weight is 273 g/mol. The topological polar surface area (TPSA) is 32.3 Å². The number of benzene rings is 2. The van der Waals surface area contributed by atoms with Crippen LogP contribution in [0, 0.1) is 5.82 Å². The number of phenols is 1. The summed E-state index contributed by atoms with van der Waals surface area (Å²) in [5.41, 5.74) is 2.31. The second-order valence-corrected chi connectivity index (χ2v) is 5.11. The minimum atomic E-state index is -0.200. The van der Waals surface area contributed by atoms with Crippen LogP contribution in [0.15, 0.2) is 48.5 Å². The van der Waals surface area contributed by atoms with E-state index >= 15 is 0 Å². The van der Waals surface area contributed by atoms with Crippen molar-refractivity contribution >= 4 is 0 Å². The van der Waals surface area contributed by atoms with Crippen LogP contribution in [-0.2, 0) is 13.0 Å². The Labute approximate surface area is 119 Å². The van der Waals surface area contributed by atoms with Gasteiger partial charge >= 0.3 is 0 Å². The summed E-state index contributed by atoms with van der Waals surface area (Å²) in [6.45, 7) is 2.89. The van der Waals surface area contributed by atoms with Crippen LogP contribution in [-0.4, -0.2) is 11.1 Å². The Bertz CT molecular complexity index is 472. The molecule has 0 aliphatic heterocycles. The lowest BCUT2D eigenvalue weighted by Gasteiger charge is -2.14. The van der Waals surface area contributed by atoms with Crippen LogP contribution in [0.1, 0.15) is 24.5 Å². The molecule has 0 spiro atoms. The van der Waals surface area contributed by atoms with Gasteiger partial charge in [-0.1, -0.05) is 24.3 Å². The molecule has 0 amide bonds. The Hall–Kier alpha value is -1.87. The third-order valence-corrected chi connectivity index (χ3v) is 3.37. The van der Waals surface area contributed by atoms with Gasteiger partial charge in [-0.15, -0.1) is 0 Å². The number of phenolic OH excluding ortho intramolecular Hbond substituents is 1. The van der Waals surface area contributed by atoms with Gasteiger partial charge in [-0.05, 0) is 55.2 Å². The van der Waals surface area contributed by atoms with E-state index in [-0.39, 0.29) is 5.82 Å². The van der Waals surface area contributed by atoms with Crippen LogP contribution in [0.4, 0.5) is 4.39 Å². The number of aromatic hydroxyl groups is 1. The Morgan fingerprint density at radius 1 is 1.00 bits per heavy atom. The summed E-state index contributed by atoms with van der Waals surface area (Å²) >= 11 is 0. The van der Waals surface area contributed by atoms with Crippen molar-refractivity contribution < 1.29 is 9.50 Å². The fraction of sp³-hybridized carbons (Fsp3) is 0.294. The molecule has 2 rings (SSSR count). The zero-order valence-electron chi connectivity index (χ0n) is 11.6. The van der Waals surface area contributed by atoms with E-state index in [0.717, 1.165) is 24.9 Å². The second-order valence-electron chi connectivity index (χ2n) is 5.11.